The zero-order valence-corrected chi connectivity index (χ0v) is 15.8. The van der Waals surface area contributed by atoms with Crippen LogP contribution >= 0.6 is 11.3 Å². The van der Waals surface area contributed by atoms with E-state index in [1.807, 2.05) is 6.07 Å². The molecular formula is C20H20FN3O2S. The number of hydrogen-bond donors (Lipinski definition) is 1. The van der Waals surface area contributed by atoms with Gasteiger partial charge in [0.05, 0.1) is 4.88 Å². The van der Waals surface area contributed by atoms with Crippen LogP contribution in [0.5, 0.6) is 0 Å². The molecule has 3 aromatic rings. The van der Waals surface area contributed by atoms with Crippen molar-refractivity contribution in [2.75, 3.05) is 0 Å². The molecule has 0 saturated heterocycles. The second-order valence-corrected chi connectivity index (χ2v) is 7.91. The van der Waals surface area contributed by atoms with Crippen LogP contribution in [0.3, 0.4) is 0 Å². The highest BCUT2D eigenvalue weighted by atomic mass is 32.1. The summed E-state index contributed by atoms with van der Waals surface area (Å²) in [6.45, 7) is 1.80. The molecule has 1 aliphatic rings. The SMILES string of the molecule is CC(NC(=O)c1cc2c(s1)CCCCC2)c1nc(-c2ccc(F)cc2)no1. The molecule has 2 aromatic heterocycles. The van der Waals surface area contributed by atoms with Crippen LogP contribution < -0.4 is 5.32 Å². The van der Waals surface area contributed by atoms with Gasteiger partial charge in [-0.2, -0.15) is 4.98 Å². The Kier molecular flexibility index (Phi) is 5.03. The number of thiophene rings is 1. The third-order valence-electron chi connectivity index (χ3n) is 4.73. The van der Waals surface area contributed by atoms with Crippen molar-refractivity contribution in [2.24, 2.45) is 0 Å². The molecule has 0 spiro atoms. The Labute approximate surface area is 160 Å². The number of benzene rings is 1. The molecule has 0 fully saturated rings. The second-order valence-electron chi connectivity index (χ2n) is 6.78. The van der Waals surface area contributed by atoms with E-state index in [1.54, 1.807) is 30.4 Å². The van der Waals surface area contributed by atoms with Crippen LogP contribution in [0.1, 0.15) is 58.2 Å². The highest BCUT2D eigenvalue weighted by Gasteiger charge is 2.21. The van der Waals surface area contributed by atoms with Gasteiger partial charge in [0, 0.05) is 10.4 Å². The summed E-state index contributed by atoms with van der Waals surface area (Å²) in [4.78, 5) is 19.0. The van der Waals surface area contributed by atoms with Crippen molar-refractivity contribution in [3.63, 3.8) is 0 Å². The molecule has 1 atom stereocenters. The minimum atomic E-state index is -0.416. The molecule has 0 bridgehead atoms. The summed E-state index contributed by atoms with van der Waals surface area (Å²) in [5.74, 6) is 0.245. The molecule has 7 heteroatoms. The highest BCUT2D eigenvalue weighted by Crippen LogP contribution is 2.29. The van der Waals surface area contributed by atoms with Crippen molar-refractivity contribution in [3.05, 3.63) is 57.4 Å². The lowest BCUT2D eigenvalue weighted by Crippen LogP contribution is -2.26. The van der Waals surface area contributed by atoms with E-state index in [4.69, 9.17) is 4.52 Å². The zero-order chi connectivity index (χ0) is 18.8. The number of nitrogens with one attached hydrogen (secondary N) is 1. The highest BCUT2D eigenvalue weighted by molar-refractivity contribution is 7.14. The van der Waals surface area contributed by atoms with Crippen molar-refractivity contribution >= 4 is 17.2 Å². The number of hydrogen-bond acceptors (Lipinski definition) is 5. The summed E-state index contributed by atoms with van der Waals surface area (Å²) in [5.41, 5.74) is 1.97. The van der Waals surface area contributed by atoms with Gasteiger partial charge in [0.2, 0.25) is 11.7 Å². The number of amides is 1. The fourth-order valence-corrected chi connectivity index (χ4v) is 4.39. The molecule has 5 nitrogen and oxygen atoms in total. The number of carbonyl (C=O) groups excluding carboxylic acids is 1. The van der Waals surface area contributed by atoms with E-state index in [9.17, 15) is 9.18 Å². The number of carbonyl (C=O) groups is 1. The van der Waals surface area contributed by atoms with E-state index in [-0.39, 0.29) is 11.7 Å². The Morgan fingerprint density at radius 3 is 2.81 bits per heavy atom. The smallest absolute Gasteiger partial charge is 0.262 e. The Morgan fingerprint density at radius 2 is 2.00 bits per heavy atom. The molecule has 1 amide bonds. The lowest BCUT2D eigenvalue weighted by atomic mass is 10.1. The maximum atomic E-state index is 13.0. The maximum absolute atomic E-state index is 13.0. The monoisotopic (exact) mass is 385 g/mol. The van der Waals surface area contributed by atoms with E-state index in [0.29, 0.717) is 17.3 Å². The number of nitrogens with zero attached hydrogens (tertiary/aromatic N) is 2. The first-order valence-corrected chi connectivity index (χ1v) is 9.94. The Balaban J connectivity index is 1.45. The van der Waals surface area contributed by atoms with Crippen LogP contribution in [-0.2, 0) is 12.8 Å². The fourth-order valence-electron chi connectivity index (χ4n) is 3.24. The van der Waals surface area contributed by atoms with E-state index < -0.39 is 6.04 Å². The number of halogens is 1. The van der Waals surface area contributed by atoms with E-state index in [0.717, 1.165) is 17.7 Å². The normalized spacial score (nSPS) is 15.0. The predicted molar refractivity (Wildman–Crippen MR) is 101 cm³/mol. The Morgan fingerprint density at radius 1 is 1.22 bits per heavy atom. The van der Waals surface area contributed by atoms with Gasteiger partial charge in [-0.3, -0.25) is 4.79 Å². The molecule has 0 saturated carbocycles. The van der Waals surface area contributed by atoms with Crippen molar-refractivity contribution in [3.8, 4) is 11.4 Å². The van der Waals surface area contributed by atoms with E-state index >= 15 is 0 Å². The molecule has 1 aromatic carbocycles. The molecular weight excluding hydrogens is 365 g/mol. The number of aromatic nitrogens is 2. The van der Waals surface area contributed by atoms with Gasteiger partial charge in [-0.15, -0.1) is 11.3 Å². The molecule has 140 valence electrons. The van der Waals surface area contributed by atoms with Gasteiger partial charge in [0.25, 0.3) is 5.91 Å². The largest absolute Gasteiger partial charge is 0.340 e. The third kappa shape index (κ3) is 3.93. The molecule has 0 radical (unpaired) electrons. The first-order valence-electron chi connectivity index (χ1n) is 9.12. The average molecular weight is 385 g/mol. The van der Waals surface area contributed by atoms with Crippen molar-refractivity contribution in [1.29, 1.82) is 0 Å². The Bertz CT molecular complexity index is 925. The minimum Gasteiger partial charge on any atom is -0.340 e. The van der Waals surface area contributed by atoms with Crippen LogP contribution in [0.25, 0.3) is 11.4 Å². The summed E-state index contributed by atoms with van der Waals surface area (Å²) >= 11 is 1.58. The van der Waals surface area contributed by atoms with Crippen LogP contribution in [0.15, 0.2) is 34.9 Å². The molecule has 1 N–H and O–H groups in total. The van der Waals surface area contributed by atoms with Crippen LogP contribution in [0.4, 0.5) is 4.39 Å². The molecule has 1 unspecified atom stereocenters. The molecule has 2 heterocycles. The van der Waals surface area contributed by atoms with Gasteiger partial charge in [0.15, 0.2) is 0 Å². The summed E-state index contributed by atoms with van der Waals surface area (Å²) < 4.78 is 18.3. The summed E-state index contributed by atoms with van der Waals surface area (Å²) in [6.07, 6.45) is 5.76. The molecule has 4 rings (SSSR count). The summed E-state index contributed by atoms with van der Waals surface area (Å²) in [6, 6.07) is 7.47. The summed E-state index contributed by atoms with van der Waals surface area (Å²) in [7, 11) is 0. The quantitative estimate of drug-likeness (QED) is 0.661. The van der Waals surface area contributed by atoms with Crippen molar-refractivity contribution in [2.45, 2.75) is 45.1 Å². The van der Waals surface area contributed by atoms with Gasteiger partial charge in [-0.05, 0) is 68.5 Å². The minimum absolute atomic E-state index is 0.123. The standard InChI is InChI=1S/C20H20FN3O2S/c1-12(20-23-18(24-26-20)13-7-9-15(21)10-8-13)22-19(25)17-11-14-5-3-2-4-6-16(14)27-17/h7-12H,2-6H2,1H3,(H,22,25). The molecule has 27 heavy (non-hydrogen) atoms. The van der Waals surface area contributed by atoms with Gasteiger partial charge < -0.3 is 9.84 Å². The average Bonchev–Trinajstić information content (AvgIpc) is 3.25. The van der Waals surface area contributed by atoms with Gasteiger partial charge >= 0.3 is 0 Å². The second kappa shape index (κ2) is 7.60. The first-order chi connectivity index (χ1) is 13.1. The molecule has 0 aliphatic heterocycles. The zero-order valence-electron chi connectivity index (χ0n) is 15.0. The van der Waals surface area contributed by atoms with Gasteiger partial charge in [0.1, 0.15) is 11.9 Å². The van der Waals surface area contributed by atoms with Crippen molar-refractivity contribution < 1.29 is 13.7 Å². The first kappa shape index (κ1) is 17.9. The maximum Gasteiger partial charge on any atom is 0.262 e. The molecule has 1 aliphatic carbocycles. The van der Waals surface area contributed by atoms with Crippen LogP contribution in [-0.4, -0.2) is 16.0 Å². The van der Waals surface area contributed by atoms with E-state index in [2.05, 4.69) is 15.5 Å². The van der Waals surface area contributed by atoms with Crippen LogP contribution in [0.2, 0.25) is 0 Å². The van der Waals surface area contributed by atoms with Crippen LogP contribution in [0, 0.1) is 5.82 Å². The predicted octanol–water partition coefficient (Wildman–Crippen LogP) is 4.70. The fraction of sp³-hybridized carbons (Fsp3) is 0.350. The van der Waals surface area contributed by atoms with Crippen molar-refractivity contribution in [1.82, 2.24) is 15.5 Å². The lowest BCUT2D eigenvalue weighted by molar-refractivity contribution is 0.0936. The van der Waals surface area contributed by atoms with Gasteiger partial charge in [-0.25, -0.2) is 4.39 Å². The van der Waals surface area contributed by atoms with E-state index in [1.165, 1.54) is 41.8 Å². The number of aryl methyl sites for hydroxylation is 2. The lowest BCUT2D eigenvalue weighted by Gasteiger charge is -2.08. The number of fused-ring (bicyclic) bond motifs is 1. The van der Waals surface area contributed by atoms with Gasteiger partial charge in [-0.1, -0.05) is 11.6 Å². The summed E-state index contributed by atoms with van der Waals surface area (Å²) in [5, 5.41) is 6.85. The number of rotatable bonds is 4. The third-order valence-corrected chi connectivity index (χ3v) is 5.97. The Hall–Kier alpha value is -2.54. The topological polar surface area (TPSA) is 68.0 Å².